The van der Waals surface area contributed by atoms with Crippen LogP contribution in [0.5, 0.6) is 11.5 Å². The Morgan fingerprint density at radius 3 is 2.38 bits per heavy atom. The number of hydrogen-bond donors (Lipinski definition) is 0. The molecule has 0 spiro atoms. The van der Waals surface area contributed by atoms with Crippen LogP contribution in [0.15, 0.2) is 82.7 Å². The van der Waals surface area contributed by atoms with Crippen molar-refractivity contribution in [2.24, 2.45) is 0 Å². The number of benzene rings is 3. The van der Waals surface area contributed by atoms with Crippen LogP contribution in [-0.4, -0.2) is 32.9 Å². The molecule has 0 bridgehead atoms. The van der Waals surface area contributed by atoms with Crippen LogP contribution in [0.1, 0.15) is 18.1 Å². The molecule has 0 saturated carbocycles. The van der Waals surface area contributed by atoms with E-state index in [-0.39, 0.29) is 5.56 Å². The summed E-state index contributed by atoms with van der Waals surface area (Å²) in [6.45, 7) is 2.91. The lowest BCUT2D eigenvalue weighted by atomic mass is 10.2. The summed E-state index contributed by atoms with van der Waals surface area (Å²) in [7, 11) is 1.63. The van der Waals surface area contributed by atoms with E-state index in [0.717, 1.165) is 28.1 Å². The number of aromatic nitrogens is 4. The molecule has 0 aliphatic heterocycles. The van der Waals surface area contributed by atoms with Gasteiger partial charge in [-0.1, -0.05) is 60.3 Å². The highest BCUT2D eigenvalue weighted by molar-refractivity contribution is 7.98. The second-order valence-electron chi connectivity index (χ2n) is 7.67. The summed E-state index contributed by atoms with van der Waals surface area (Å²) in [4.78, 5) is 13.5. The van der Waals surface area contributed by atoms with Crippen molar-refractivity contribution in [3.8, 4) is 11.5 Å². The van der Waals surface area contributed by atoms with Crippen molar-refractivity contribution in [2.45, 2.75) is 24.4 Å². The number of ether oxygens (including phenoxy) is 2. The van der Waals surface area contributed by atoms with Gasteiger partial charge in [0.2, 0.25) is 5.78 Å². The van der Waals surface area contributed by atoms with Crippen molar-refractivity contribution >= 4 is 28.4 Å². The summed E-state index contributed by atoms with van der Waals surface area (Å²) < 4.78 is 14.9. The molecule has 0 unspecified atom stereocenters. The van der Waals surface area contributed by atoms with Crippen molar-refractivity contribution < 1.29 is 9.47 Å². The Morgan fingerprint density at radius 1 is 0.882 bits per heavy atom. The normalized spacial score (nSPS) is 11.2. The maximum atomic E-state index is 13.5. The summed E-state index contributed by atoms with van der Waals surface area (Å²) in [6.07, 6.45) is 0. The molecule has 3 aromatic carbocycles. The monoisotopic (exact) mass is 472 g/mol. The van der Waals surface area contributed by atoms with Gasteiger partial charge in [-0.25, -0.2) is 0 Å². The Bertz CT molecular complexity index is 1530. The molecule has 2 aromatic heterocycles. The molecule has 0 amide bonds. The number of methoxy groups -OCH3 is 1. The van der Waals surface area contributed by atoms with E-state index in [2.05, 4.69) is 16.3 Å². The average molecular weight is 473 g/mol. The third-order valence-electron chi connectivity index (χ3n) is 5.63. The number of nitrogens with zero attached hydrogens (tertiary/aromatic N) is 4. The van der Waals surface area contributed by atoms with Crippen LogP contribution >= 0.6 is 11.8 Å². The predicted octanol–water partition coefficient (Wildman–Crippen LogP) is 4.79. The zero-order chi connectivity index (χ0) is 23.5. The molecule has 172 valence electrons. The van der Waals surface area contributed by atoms with E-state index in [1.165, 1.54) is 0 Å². The first-order valence-electron chi connectivity index (χ1n) is 11.0. The molecule has 0 N–H and O–H groups in total. The van der Waals surface area contributed by atoms with Crippen LogP contribution in [-0.2, 0) is 12.3 Å². The molecule has 5 aromatic rings. The SMILES string of the molecule is CCOc1ccccc1CSc1nnc2n(Cc3ccccc3OC)c(=O)c3ccccc3n12. The molecule has 0 aliphatic carbocycles. The van der Waals surface area contributed by atoms with E-state index in [0.29, 0.717) is 35.2 Å². The fraction of sp³-hybridized carbons (Fsp3) is 0.192. The van der Waals surface area contributed by atoms with Gasteiger partial charge in [0.15, 0.2) is 5.16 Å². The summed E-state index contributed by atoms with van der Waals surface area (Å²) in [5.74, 6) is 2.75. The van der Waals surface area contributed by atoms with Crippen LogP contribution in [0, 0.1) is 0 Å². The van der Waals surface area contributed by atoms with E-state index in [1.54, 1.807) is 23.4 Å². The van der Waals surface area contributed by atoms with Crippen molar-refractivity contribution in [3.63, 3.8) is 0 Å². The van der Waals surface area contributed by atoms with Gasteiger partial charge in [0, 0.05) is 16.9 Å². The van der Waals surface area contributed by atoms with Gasteiger partial charge in [-0.05, 0) is 31.2 Å². The van der Waals surface area contributed by atoms with Crippen LogP contribution in [0.25, 0.3) is 16.7 Å². The molecule has 8 heteroatoms. The van der Waals surface area contributed by atoms with Crippen LogP contribution in [0.4, 0.5) is 0 Å². The minimum Gasteiger partial charge on any atom is -0.496 e. The van der Waals surface area contributed by atoms with Gasteiger partial charge in [0.05, 0.1) is 31.2 Å². The van der Waals surface area contributed by atoms with Crippen LogP contribution < -0.4 is 15.0 Å². The Kier molecular flexibility index (Phi) is 6.22. The summed E-state index contributed by atoms with van der Waals surface area (Å²) in [6, 6.07) is 23.2. The van der Waals surface area contributed by atoms with Crippen LogP contribution in [0.3, 0.4) is 0 Å². The zero-order valence-corrected chi connectivity index (χ0v) is 19.8. The molecule has 2 heterocycles. The minimum atomic E-state index is -0.111. The lowest BCUT2D eigenvalue weighted by molar-refractivity contribution is 0.337. The van der Waals surface area contributed by atoms with Crippen molar-refractivity contribution in [3.05, 3.63) is 94.3 Å². The van der Waals surface area contributed by atoms with Crippen molar-refractivity contribution in [1.82, 2.24) is 19.2 Å². The van der Waals surface area contributed by atoms with Crippen LogP contribution in [0.2, 0.25) is 0 Å². The molecular formula is C26H24N4O3S. The van der Waals surface area contributed by atoms with Gasteiger partial charge < -0.3 is 9.47 Å². The molecule has 5 rings (SSSR count). The van der Waals surface area contributed by atoms with Gasteiger partial charge >= 0.3 is 0 Å². The Balaban J connectivity index is 1.61. The zero-order valence-electron chi connectivity index (χ0n) is 19.0. The second-order valence-corrected chi connectivity index (χ2v) is 8.61. The fourth-order valence-electron chi connectivity index (χ4n) is 4.04. The highest BCUT2D eigenvalue weighted by Gasteiger charge is 2.18. The molecule has 0 aliphatic rings. The third-order valence-corrected chi connectivity index (χ3v) is 6.61. The van der Waals surface area contributed by atoms with Crippen molar-refractivity contribution in [1.29, 1.82) is 0 Å². The van der Waals surface area contributed by atoms with Gasteiger partial charge in [-0.2, -0.15) is 0 Å². The lowest BCUT2D eigenvalue weighted by Gasteiger charge is -2.13. The van der Waals surface area contributed by atoms with E-state index in [4.69, 9.17) is 9.47 Å². The van der Waals surface area contributed by atoms with Gasteiger partial charge in [0.25, 0.3) is 5.56 Å². The smallest absolute Gasteiger partial charge is 0.263 e. The molecule has 34 heavy (non-hydrogen) atoms. The largest absolute Gasteiger partial charge is 0.496 e. The summed E-state index contributed by atoms with van der Waals surface area (Å²) >= 11 is 1.56. The van der Waals surface area contributed by atoms with Crippen molar-refractivity contribution in [2.75, 3.05) is 13.7 Å². The molecule has 7 nitrogen and oxygen atoms in total. The molecule has 0 saturated heterocycles. The first-order valence-corrected chi connectivity index (χ1v) is 12.0. The van der Waals surface area contributed by atoms with Gasteiger partial charge in [-0.15, -0.1) is 10.2 Å². The average Bonchev–Trinajstić information content (AvgIpc) is 3.30. The Hall–Kier alpha value is -3.78. The molecular weight excluding hydrogens is 448 g/mol. The van der Waals surface area contributed by atoms with Gasteiger partial charge in [0.1, 0.15) is 11.5 Å². The first-order chi connectivity index (χ1) is 16.7. The van der Waals surface area contributed by atoms with E-state index < -0.39 is 0 Å². The van der Waals surface area contributed by atoms with E-state index >= 15 is 0 Å². The fourth-order valence-corrected chi connectivity index (χ4v) is 4.97. The third kappa shape index (κ3) is 4.01. The Morgan fingerprint density at radius 2 is 1.59 bits per heavy atom. The second kappa shape index (κ2) is 9.61. The standard InChI is InChI=1S/C26H24N4O3S/c1-3-33-23-15-9-5-11-19(23)17-34-26-28-27-25-29(16-18-10-4-8-14-22(18)32-2)24(31)20-12-6-7-13-21(20)30(25)26/h4-15H,3,16-17H2,1-2H3. The van der Waals surface area contributed by atoms with E-state index in [1.807, 2.05) is 78.1 Å². The maximum Gasteiger partial charge on any atom is 0.263 e. The topological polar surface area (TPSA) is 70.7 Å². The number of rotatable bonds is 8. The molecule has 0 atom stereocenters. The first kappa shape index (κ1) is 22.0. The summed E-state index contributed by atoms with van der Waals surface area (Å²) in [5, 5.41) is 10.2. The highest BCUT2D eigenvalue weighted by Crippen LogP contribution is 2.29. The lowest BCUT2D eigenvalue weighted by Crippen LogP contribution is -2.24. The quantitative estimate of drug-likeness (QED) is 0.302. The maximum absolute atomic E-state index is 13.5. The minimum absolute atomic E-state index is 0.111. The predicted molar refractivity (Wildman–Crippen MR) is 134 cm³/mol. The van der Waals surface area contributed by atoms with E-state index in [9.17, 15) is 4.79 Å². The van der Waals surface area contributed by atoms with Gasteiger partial charge in [-0.3, -0.25) is 13.8 Å². The number of fused-ring (bicyclic) bond motifs is 3. The molecule has 0 radical (unpaired) electrons. The number of thioether (sulfide) groups is 1. The Labute approximate surface area is 201 Å². The number of para-hydroxylation sites is 3. The molecule has 0 fully saturated rings. The highest BCUT2D eigenvalue weighted by atomic mass is 32.2. The summed E-state index contributed by atoms with van der Waals surface area (Å²) in [5.41, 5.74) is 2.65. The number of hydrogen-bond acceptors (Lipinski definition) is 6.